The van der Waals surface area contributed by atoms with Crippen LogP contribution in [0.25, 0.3) is 0 Å². The highest BCUT2D eigenvalue weighted by molar-refractivity contribution is 9.09. The number of aromatic nitrogens is 1. The first kappa shape index (κ1) is 30.2. The van der Waals surface area contributed by atoms with Crippen molar-refractivity contribution in [1.82, 2.24) is 15.1 Å². The molecule has 2 fully saturated rings. The average molecular weight is 676 g/mol. The number of halogens is 2. The van der Waals surface area contributed by atoms with Crippen molar-refractivity contribution in [2.24, 2.45) is 0 Å². The van der Waals surface area contributed by atoms with Crippen LogP contribution in [-0.2, 0) is 37.1 Å². The zero-order valence-corrected chi connectivity index (χ0v) is 24.9. The third kappa shape index (κ3) is 6.41. The number of likely N-dealkylation sites (tertiary alicyclic amines) is 1. The van der Waals surface area contributed by atoms with Crippen LogP contribution < -0.4 is 15.2 Å². The van der Waals surface area contributed by atoms with Crippen LogP contribution in [0.15, 0.2) is 65.6 Å². The van der Waals surface area contributed by atoms with Crippen molar-refractivity contribution in [2.45, 2.75) is 30.9 Å². The van der Waals surface area contributed by atoms with Gasteiger partial charge >= 0.3 is 5.97 Å². The molecule has 15 heteroatoms. The fourth-order valence-electron chi connectivity index (χ4n) is 5.00. The molecule has 3 aliphatic rings. The van der Waals surface area contributed by atoms with Gasteiger partial charge in [-0.3, -0.25) is 24.1 Å². The molecule has 4 heterocycles. The number of nitrogens with zero attached hydrogens (tertiary/aromatic N) is 3. The first-order valence-electron chi connectivity index (χ1n) is 13.1. The summed E-state index contributed by atoms with van der Waals surface area (Å²) in [7, 11) is 0. The first-order chi connectivity index (χ1) is 20.5. The minimum Gasteiger partial charge on any atom is -0.505 e. The highest BCUT2D eigenvalue weighted by Gasteiger charge is 2.54. The van der Waals surface area contributed by atoms with Crippen LogP contribution in [-0.4, -0.2) is 78.7 Å². The number of rotatable bonds is 9. The normalized spacial score (nSPS) is 20.7. The van der Waals surface area contributed by atoms with Gasteiger partial charge in [-0.15, -0.1) is 11.8 Å². The first-order valence-corrected chi connectivity index (χ1v) is 15.3. The maximum atomic E-state index is 13.5. The molecule has 5 rings (SSSR count). The van der Waals surface area contributed by atoms with E-state index in [0.29, 0.717) is 30.7 Å². The van der Waals surface area contributed by atoms with E-state index in [1.807, 2.05) is 0 Å². The summed E-state index contributed by atoms with van der Waals surface area (Å²) in [6, 6.07) is 6.29. The van der Waals surface area contributed by atoms with Crippen molar-refractivity contribution in [3.8, 4) is 5.75 Å². The summed E-state index contributed by atoms with van der Waals surface area (Å²) in [5.41, 5.74) is 1.66. The van der Waals surface area contributed by atoms with Gasteiger partial charge in [0.05, 0.1) is 5.33 Å². The highest BCUT2D eigenvalue weighted by Crippen LogP contribution is 2.41. The van der Waals surface area contributed by atoms with E-state index in [1.54, 1.807) is 40.1 Å². The number of anilines is 1. The Kier molecular flexibility index (Phi) is 8.82. The predicted molar refractivity (Wildman–Crippen MR) is 155 cm³/mol. The number of alkyl halides is 1. The summed E-state index contributed by atoms with van der Waals surface area (Å²) in [5, 5.41) is 23.8. The third-order valence-corrected chi connectivity index (χ3v) is 8.90. The fourth-order valence-corrected chi connectivity index (χ4v) is 6.47. The molecule has 4 amide bonds. The Hall–Kier alpha value is -4.24. The number of carboxylic acid groups (broad SMARTS) is 1. The Morgan fingerprint density at radius 1 is 1.16 bits per heavy atom. The molecule has 43 heavy (non-hydrogen) atoms. The van der Waals surface area contributed by atoms with E-state index in [-0.39, 0.29) is 40.8 Å². The molecule has 4 N–H and O–H groups in total. The van der Waals surface area contributed by atoms with Crippen molar-refractivity contribution in [3.63, 3.8) is 0 Å². The second kappa shape index (κ2) is 12.6. The summed E-state index contributed by atoms with van der Waals surface area (Å²) in [4.78, 5) is 64.8. The largest absolute Gasteiger partial charge is 0.505 e. The van der Waals surface area contributed by atoms with Gasteiger partial charge in [0, 0.05) is 48.3 Å². The molecule has 2 aromatic rings. The van der Waals surface area contributed by atoms with Crippen LogP contribution in [0.1, 0.15) is 12.0 Å². The number of carbonyl (C=O) groups excluding carboxylic acids is 4. The smallest absolute Gasteiger partial charge is 0.352 e. The molecule has 1 aromatic carbocycles. The van der Waals surface area contributed by atoms with Crippen LogP contribution in [0.5, 0.6) is 5.75 Å². The molecule has 0 bridgehead atoms. The summed E-state index contributed by atoms with van der Waals surface area (Å²) in [6.07, 6.45) is 5.33. The summed E-state index contributed by atoms with van der Waals surface area (Å²) >= 11 is 4.36. The van der Waals surface area contributed by atoms with Crippen molar-refractivity contribution in [3.05, 3.63) is 77.0 Å². The lowest BCUT2D eigenvalue weighted by Crippen LogP contribution is -2.70. The van der Waals surface area contributed by atoms with Crippen molar-refractivity contribution < 1.29 is 43.1 Å². The lowest BCUT2D eigenvalue weighted by atomic mass is 10.0. The number of fused-ring (bicyclic) bond motifs is 1. The number of hydrogen-bond donors (Lipinski definition) is 4. The summed E-state index contributed by atoms with van der Waals surface area (Å²) < 4.78 is 15.1. The Morgan fingerprint density at radius 3 is 2.58 bits per heavy atom. The number of allylic oxidation sites excluding steroid dienone is 1. The third-order valence-electron chi connectivity index (χ3n) is 7.09. The van der Waals surface area contributed by atoms with Gasteiger partial charge in [0.25, 0.3) is 11.8 Å². The van der Waals surface area contributed by atoms with Crippen LogP contribution in [0.3, 0.4) is 0 Å². The number of nitrogens with one attached hydrogen (secondary N) is 2. The fraction of sp³-hybridized carbons (Fsp3) is 0.286. The van der Waals surface area contributed by atoms with E-state index in [1.165, 1.54) is 22.7 Å². The van der Waals surface area contributed by atoms with Crippen LogP contribution in [0.4, 0.5) is 10.1 Å². The Morgan fingerprint density at radius 2 is 1.91 bits per heavy atom. The number of amides is 4. The van der Waals surface area contributed by atoms with Gasteiger partial charge in [-0.25, -0.2) is 9.18 Å². The van der Waals surface area contributed by atoms with Gasteiger partial charge in [-0.1, -0.05) is 15.9 Å². The number of carboxylic acids is 1. The maximum absolute atomic E-state index is 13.5. The van der Waals surface area contributed by atoms with Crippen LogP contribution >= 0.6 is 27.7 Å². The van der Waals surface area contributed by atoms with E-state index in [4.69, 9.17) is 0 Å². The van der Waals surface area contributed by atoms with Gasteiger partial charge < -0.3 is 25.7 Å². The number of hydrogen-bond acceptors (Lipinski definition) is 7. The molecule has 0 radical (unpaired) electrons. The van der Waals surface area contributed by atoms with Gasteiger partial charge in [-0.2, -0.15) is 4.57 Å². The number of thioether (sulfide) groups is 1. The molecule has 0 aliphatic carbocycles. The lowest BCUT2D eigenvalue weighted by Gasteiger charge is -2.49. The quantitative estimate of drug-likeness (QED) is 0.102. The van der Waals surface area contributed by atoms with Crippen LogP contribution in [0, 0.1) is 5.82 Å². The molecule has 2 atom stereocenters. The number of phenols is 1. The van der Waals surface area contributed by atoms with Crippen LogP contribution in [0.2, 0.25) is 0 Å². The second-order valence-corrected chi connectivity index (χ2v) is 11.7. The minimum atomic E-state index is -1.28. The molecule has 0 saturated carbocycles. The Labute approximate surface area is 257 Å². The van der Waals surface area contributed by atoms with E-state index >= 15 is 0 Å². The molecular weight excluding hydrogens is 649 g/mol. The SMILES string of the molecule is O=C(C[n+]1ccc(CN2CCC(=CC3=C(C(=O)O)N4C(=O)C(NC(=O)CBr)C4SC3)C2=O)cc1)Nc1ccc(O)c(F)c1. The molecule has 3 aliphatic heterocycles. The van der Waals surface area contributed by atoms with Gasteiger partial charge in [-0.05, 0) is 35.8 Å². The van der Waals surface area contributed by atoms with Gasteiger partial charge in [0.1, 0.15) is 17.1 Å². The highest BCUT2D eigenvalue weighted by atomic mass is 79.9. The molecule has 224 valence electrons. The number of β-lactam (4-membered cyclic amide) rings is 1. The standard InChI is InChI=1S/C28H25BrFN5O7S/c29-11-21(37)32-23-26(40)35-24(28(41)42)17(14-43-27(23)35)9-16-5-8-34(25(16)39)12-15-3-6-33(7-4-15)13-22(38)31-18-1-2-20(36)19(30)10-18/h1-4,6-7,9-10,23,27H,5,8,11-14H2,(H3-,31,32,36,37,38,41,42)/p+1. The maximum Gasteiger partial charge on any atom is 0.352 e. The topological polar surface area (TPSA) is 160 Å². The number of phenolic OH excluding ortho intramolecular Hbond substituents is 1. The molecule has 0 spiro atoms. The number of pyridine rings is 1. The van der Waals surface area contributed by atoms with Crippen molar-refractivity contribution in [1.29, 1.82) is 0 Å². The van der Waals surface area contributed by atoms with E-state index in [0.717, 1.165) is 17.7 Å². The van der Waals surface area contributed by atoms with Gasteiger partial charge in [0.15, 0.2) is 24.0 Å². The van der Waals surface area contributed by atoms with Crippen molar-refractivity contribution in [2.75, 3.05) is 22.9 Å². The monoisotopic (exact) mass is 674 g/mol. The predicted octanol–water partition coefficient (Wildman–Crippen LogP) is 1.25. The lowest BCUT2D eigenvalue weighted by molar-refractivity contribution is -0.684. The Balaban J connectivity index is 1.21. The van der Waals surface area contributed by atoms with E-state index in [9.17, 15) is 38.6 Å². The Bertz CT molecular complexity index is 1580. The molecule has 12 nitrogen and oxygen atoms in total. The number of carbonyl (C=O) groups is 5. The van der Waals surface area contributed by atoms with E-state index in [2.05, 4.69) is 26.6 Å². The number of benzene rings is 1. The molecular formula is C28H26BrFN5O7S+. The number of aliphatic carboxylic acids is 1. The van der Waals surface area contributed by atoms with Gasteiger partial charge in [0.2, 0.25) is 18.4 Å². The minimum absolute atomic E-state index is 0.0250. The molecule has 1 aromatic heterocycles. The molecule has 2 unspecified atom stereocenters. The number of aromatic hydroxyl groups is 1. The average Bonchev–Trinajstić information content (AvgIpc) is 3.32. The second-order valence-electron chi connectivity index (χ2n) is 10.0. The summed E-state index contributed by atoms with van der Waals surface area (Å²) in [5.74, 6) is -3.87. The summed E-state index contributed by atoms with van der Waals surface area (Å²) in [6.45, 7) is 0.693. The zero-order chi connectivity index (χ0) is 30.8. The van der Waals surface area contributed by atoms with Crippen molar-refractivity contribution >= 4 is 63.0 Å². The molecule has 2 saturated heterocycles. The zero-order valence-electron chi connectivity index (χ0n) is 22.5. The van der Waals surface area contributed by atoms with E-state index < -0.39 is 40.8 Å².